The van der Waals surface area contributed by atoms with Crippen LogP contribution in [0.2, 0.25) is 0 Å². The molecule has 0 saturated heterocycles. The Morgan fingerprint density at radius 3 is 3.12 bits per heavy atom. The molecule has 0 aromatic heterocycles. The van der Waals surface area contributed by atoms with Crippen LogP contribution in [0.1, 0.15) is 45.4 Å². The number of unbranched alkanes of at least 4 members (excludes halogenated alkanes) is 2. The number of rotatable bonds is 5. The van der Waals surface area contributed by atoms with Gasteiger partial charge >= 0.3 is 0 Å². The molecular weight excluding hydrogens is 208 g/mol. The summed E-state index contributed by atoms with van der Waals surface area (Å²) < 4.78 is 0. The molecule has 3 atom stereocenters. The van der Waals surface area contributed by atoms with Gasteiger partial charge < -0.3 is 5.11 Å². The number of hydrogen-bond donors (Lipinski definition) is 1. The summed E-state index contributed by atoms with van der Waals surface area (Å²) in [5, 5.41) is 9.79. The van der Waals surface area contributed by atoms with Crippen LogP contribution < -0.4 is 0 Å². The highest BCUT2D eigenvalue weighted by Gasteiger charge is 2.44. The SMILES string of the molecule is CCCC/C=C/C=C/C12C=CCC1CC(O)C2. The fourth-order valence-electron chi connectivity index (χ4n) is 3.17. The van der Waals surface area contributed by atoms with Crippen molar-refractivity contribution in [3.8, 4) is 0 Å². The average Bonchev–Trinajstić information content (AvgIpc) is 2.79. The van der Waals surface area contributed by atoms with Crippen molar-refractivity contribution in [2.45, 2.75) is 51.6 Å². The van der Waals surface area contributed by atoms with E-state index < -0.39 is 0 Å². The van der Waals surface area contributed by atoms with Gasteiger partial charge in [-0.2, -0.15) is 0 Å². The molecule has 2 aliphatic carbocycles. The third kappa shape index (κ3) is 2.90. The monoisotopic (exact) mass is 232 g/mol. The van der Waals surface area contributed by atoms with E-state index in [9.17, 15) is 5.11 Å². The molecule has 0 aromatic rings. The van der Waals surface area contributed by atoms with Gasteiger partial charge in [-0.25, -0.2) is 0 Å². The van der Waals surface area contributed by atoms with E-state index in [0.29, 0.717) is 5.92 Å². The first-order valence-electron chi connectivity index (χ1n) is 6.97. The summed E-state index contributed by atoms with van der Waals surface area (Å²) >= 11 is 0. The molecule has 1 fully saturated rings. The Morgan fingerprint density at radius 1 is 1.41 bits per heavy atom. The van der Waals surface area contributed by atoms with Crippen LogP contribution in [0.3, 0.4) is 0 Å². The van der Waals surface area contributed by atoms with Gasteiger partial charge in [-0.05, 0) is 31.6 Å². The van der Waals surface area contributed by atoms with Crippen molar-refractivity contribution in [3.05, 3.63) is 36.5 Å². The van der Waals surface area contributed by atoms with Crippen molar-refractivity contribution < 1.29 is 5.11 Å². The van der Waals surface area contributed by atoms with Gasteiger partial charge in [-0.15, -0.1) is 0 Å². The smallest absolute Gasteiger partial charge is 0.0554 e. The first kappa shape index (κ1) is 12.6. The highest BCUT2D eigenvalue weighted by molar-refractivity contribution is 5.25. The van der Waals surface area contributed by atoms with Crippen LogP contribution in [-0.4, -0.2) is 11.2 Å². The number of fused-ring (bicyclic) bond motifs is 1. The molecule has 94 valence electrons. The van der Waals surface area contributed by atoms with E-state index in [2.05, 4.69) is 43.4 Å². The third-order valence-electron chi connectivity index (χ3n) is 4.13. The lowest BCUT2D eigenvalue weighted by Crippen LogP contribution is -2.16. The Kier molecular flexibility index (Phi) is 4.22. The summed E-state index contributed by atoms with van der Waals surface area (Å²) in [5.74, 6) is 0.637. The Balaban J connectivity index is 1.90. The van der Waals surface area contributed by atoms with Crippen molar-refractivity contribution in [1.29, 1.82) is 0 Å². The zero-order valence-electron chi connectivity index (χ0n) is 10.8. The lowest BCUT2D eigenvalue weighted by Gasteiger charge is -2.23. The van der Waals surface area contributed by atoms with Crippen molar-refractivity contribution in [2.75, 3.05) is 0 Å². The second-order valence-electron chi connectivity index (χ2n) is 5.47. The molecule has 0 aromatic carbocycles. The van der Waals surface area contributed by atoms with E-state index in [1.165, 1.54) is 19.3 Å². The third-order valence-corrected chi connectivity index (χ3v) is 4.13. The Hall–Kier alpha value is -0.820. The normalized spacial score (nSPS) is 36.4. The zero-order chi connectivity index (χ0) is 12.1. The minimum atomic E-state index is -0.0985. The highest BCUT2D eigenvalue weighted by Crippen LogP contribution is 2.51. The van der Waals surface area contributed by atoms with Crippen molar-refractivity contribution >= 4 is 0 Å². The average molecular weight is 232 g/mol. The molecule has 0 aliphatic heterocycles. The predicted octanol–water partition coefficient (Wildman–Crippen LogP) is 4.01. The number of aliphatic hydroxyl groups excluding tert-OH is 1. The van der Waals surface area contributed by atoms with Crippen LogP contribution >= 0.6 is 0 Å². The molecule has 3 unspecified atom stereocenters. The second-order valence-corrected chi connectivity index (χ2v) is 5.47. The molecule has 0 heterocycles. The zero-order valence-corrected chi connectivity index (χ0v) is 10.8. The molecule has 0 bridgehead atoms. The summed E-state index contributed by atoms with van der Waals surface area (Å²) in [6, 6.07) is 0. The van der Waals surface area contributed by atoms with Gasteiger partial charge in [0.05, 0.1) is 6.10 Å². The summed E-state index contributed by atoms with van der Waals surface area (Å²) in [5.41, 5.74) is 0.161. The van der Waals surface area contributed by atoms with Gasteiger partial charge in [0.25, 0.3) is 0 Å². The van der Waals surface area contributed by atoms with Crippen molar-refractivity contribution in [3.63, 3.8) is 0 Å². The Bertz CT molecular complexity index is 326. The molecular formula is C16H24O. The van der Waals surface area contributed by atoms with Gasteiger partial charge in [0.1, 0.15) is 0 Å². The molecule has 1 nitrogen and oxygen atoms in total. The van der Waals surface area contributed by atoms with Crippen molar-refractivity contribution in [1.82, 2.24) is 0 Å². The largest absolute Gasteiger partial charge is 0.393 e. The quantitative estimate of drug-likeness (QED) is 0.431. The fourth-order valence-corrected chi connectivity index (χ4v) is 3.17. The van der Waals surface area contributed by atoms with E-state index in [1.54, 1.807) is 0 Å². The van der Waals surface area contributed by atoms with E-state index in [-0.39, 0.29) is 11.5 Å². The molecule has 1 saturated carbocycles. The summed E-state index contributed by atoms with van der Waals surface area (Å²) in [7, 11) is 0. The Morgan fingerprint density at radius 2 is 2.29 bits per heavy atom. The van der Waals surface area contributed by atoms with Gasteiger partial charge in [0.2, 0.25) is 0 Å². The van der Waals surface area contributed by atoms with Crippen molar-refractivity contribution in [2.24, 2.45) is 11.3 Å². The molecule has 0 amide bonds. The van der Waals surface area contributed by atoms with Crippen LogP contribution in [0.25, 0.3) is 0 Å². The summed E-state index contributed by atoms with van der Waals surface area (Å²) in [6.45, 7) is 2.22. The molecule has 1 heteroatoms. The Labute approximate surface area is 105 Å². The van der Waals surface area contributed by atoms with Crippen LogP contribution in [0, 0.1) is 11.3 Å². The van der Waals surface area contributed by atoms with E-state index in [4.69, 9.17) is 0 Å². The van der Waals surface area contributed by atoms with Crippen LogP contribution in [-0.2, 0) is 0 Å². The molecule has 2 rings (SSSR count). The molecule has 1 N–H and O–H groups in total. The lowest BCUT2D eigenvalue weighted by molar-refractivity contribution is 0.173. The van der Waals surface area contributed by atoms with Crippen LogP contribution in [0.15, 0.2) is 36.5 Å². The first-order chi connectivity index (χ1) is 8.27. The molecule has 17 heavy (non-hydrogen) atoms. The molecule has 0 spiro atoms. The maximum atomic E-state index is 9.79. The van der Waals surface area contributed by atoms with Gasteiger partial charge in [-0.1, -0.05) is 56.2 Å². The van der Waals surface area contributed by atoms with E-state index in [1.807, 2.05) is 0 Å². The topological polar surface area (TPSA) is 20.2 Å². The minimum absolute atomic E-state index is 0.0985. The lowest BCUT2D eigenvalue weighted by atomic mass is 9.80. The van der Waals surface area contributed by atoms with Gasteiger partial charge in [0, 0.05) is 5.41 Å². The standard InChI is InChI=1S/C16H24O/c1-2-3-4-5-6-7-10-16-11-8-9-14(16)12-15(17)13-16/h5-8,10-11,14-15,17H,2-4,9,12-13H2,1H3/b6-5+,10-7+. The van der Waals surface area contributed by atoms with Gasteiger partial charge in [0.15, 0.2) is 0 Å². The fraction of sp³-hybridized carbons (Fsp3) is 0.625. The van der Waals surface area contributed by atoms with Gasteiger partial charge in [-0.3, -0.25) is 0 Å². The van der Waals surface area contributed by atoms with E-state index in [0.717, 1.165) is 19.3 Å². The predicted molar refractivity (Wildman–Crippen MR) is 72.7 cm³/mol. The maximum Gasteiger partial charge on any atom is 0.0554 e. The molecule has 0 radical (unpaired) electrons. The number of aliphatic hydroxyl groups is 1. The number of allylic oxidation sites excluding steroid dienone is 6. The van der Waals surface area contributed by atoms with Crippen LogP contribution in [0.5, 0.6) is 0 Å². The maximum absolute atomic E-state index is 9.79. The minimum Gasteiger partial charge on any atom is -0.393 e. The van der Waals surface area contributed by atoms with E-state index >= 15 is 0 Å². The first-order valence-corrected chi connectivity index (χ1v) is 6.97. The summed E-state index contributed by atoms with van der Waals surface area (Å²) in [6.07, 6.45) is 20.1. The number of hydrogen-bond acceptors (Lipinski definition) is 1. The summed E-state index contributed by atoms with van der Waals surface area (Å²) in [4.78, 5) is 0. The second kappa shape index (κ2) is 5.68. The molecule has 2 aliphatic rings. The highest BCUT2D eigenvalue weighted by atomic mass is 16.3. The van der Waals surface area contributed by atoms with Crippen LogP contribution in [0.4, 0.5) is 0 Å².